The molecule has 0 bridgehead atoms. The average Bonchev–Trinajstić information content (AvgIpc) is 2.91. The van der Waals surface area contributed by atoms with Gasteiger partial charge in [-0.1, -0.05) is 6.92 Å². The Labute approximate surface area is 124 Å². The molecule has 1 fully saturated rings. The van der Waals surface area contributed by atoms with Crippen LogP contribution in [0.3, 0.4) is 0 Å². The summed E-state index contributed by atoms with van der Waals surface area (Å²) in [6, 6.07) is 5.62. The summed E-state index contributed by atoms with van der Waals surface area (Å²) >= 11 is 1.27. The molecule has 2 heterocycles. The van der Waals surface area contributed by atoms with Gasteiger partial charge in [-0.3, -0.25) is 0 Å². The number of hydrogen-bond acceptors (Lipinski definition) is 5. The Balaban J connectivity index is 2.20. The van der Waals surface area contributed by atoms with Gasteiger partial charge in [-0.25, -0.2) is 8.42 Å². The maximum atomic E-state index is 12.4. The van der Waals surface area contributed by atoms with Gasteiger partial charge in [-0.05, 0) is 38.4 Å². The highest BCUT2D eigenvalue weighted by Gasteiger charge is 2.38. The third-order valence-electron chi connectivity index (χ3n) is 3.63. The van der Waals surface area contributed by atoms with Gasteiger partial charge in [-0.15, -0.1) is 11.3 Å². The van der Waals surface area contributed by atoms with E-state index in [1.807, 2.05) is 20.0 Å². The summed E-state index contributed by atoms with van der Waals surface area (Å²) < 4.78 is 27.7. The Kier molecular flexibility index (Phi) is 4.49. The molecule has 1 N–H and O–H groups in total. The van der Waals surface area contributed by atoms with Gasteiger partial charge in [0, 0.05) is 18.0 Å². The first-order valence-corrected chi connectivity index (χ1v) is 8.93. The van der Waals surface area contributed by atoms with Gasteiger partial charge in [0.15, 0.2) is 0 Å². The van der Waals surface area contributed by atoms with E-state index in [-0.39, 0.29) is 0 Å². The zero-order valence-corrected chi connectivity index (χ0v) is 13.4. The molecule has 1 aromatic rings. The molecule has 110 valence electrons. The predicted molar refractivity (Wildman–Crippen MR) is 79.1 cm³/mol. The highest BCUT2D eigenvalue weighted by atomic mass is 32.2. The summed E-state index contributed by atoms with van der Waals surface area (Å²) in [7, 11) is -1.63. The molecule has 0 saturated carbocycles. The van der Waals surface area contributed by atoms with Crippen molar-refractivity contribution >= 4 is 21.4 Å². The molecule has 0 aromatic carbocycles. The number of nitrogens with one attached hydrogen (secondary N) is 1. The zero-order valence-electron chi connectivity index (χ0n) is 11.7. The Morgan fingerprint density at radius 1 is 1.45 bits per heavy atom. The normalized spacial score (nSPS) is 19.6. The summed E-state index contributed by atoms with van der Waals surface area (Å²) in [5.74, 6) is 0. The molecule has 2 rings (SSSR count). The van der Waals surface area contributed by atoms with Crippen LogP contribution in [-0.2, 0) is 16.4 Å². The van der Waals surface area contributed by atoms with Crippen LogP contribution in [0.5, 0.6) is 0 Å². The van der Waals surface area contributed by atoms with E-state index >= 15 is 0 Å². The van der Waals surface area contributed by atoms with Crippen LogP contribution in [0.4, 0.5) is 0 Å². The van der Waals surface area contributed by atoms with E-state index < -0.39 is 15.6 Å². The van der Waals surface area contributed by atoms with Crippen molar-refractivity contribution in [1.29, 1.82) is 5.26 Å². The molecular formula is C13H19N3O2S2. The van der Waals surface area contributed by atoms with Crippen LogP contribution in [-0.4, -0.2) is 39.0 Å². The fraction of sp³-hybridized carbons (Fsp3) is 0.615. The molecule has 0 atom stereocenters. The predicted octanol–water partition coefficient (Wildman–Crippen LogP) is 1.58. The first-order valence-electron chi connectivity index (χ1n) is 6.63. The minimum absolute atomic E-state index is 0.294. The van der Waals surface area contributed by atoms with Crippen molar-refractivity contribution in [3.63, 3.8) is 0 Å². The Morgan fingerprint density at radius 2 is 2.10 bits per heavy atom. The average molecular weight is 313 g/mol. The molecule has 1 saturated heterocycles. The lowest BCUT2D eigenvalue weighted by Crippen LogP contribution is -2.53. The SMILES string of the molecule is CCc1ccc(S(=O)(=O)NC2(C#N)CCN(C)CC2)s1. The molecule has 5 nitrogen and oxygen atoms in total. The standard InChI is InChI=1S/C13H19N3O2S2/c1-3-11-4-5-12(19-11)20(17,18)15-13(10-14)6-8-16(2)9-7-13/h4-5,15H,3,6-9H2,1-2H3. The maximum Gasteiger partial charge on any atom is 0.251 e. The molecule has 0 radical (unpaired) electrons. The van der Waals surface area contributed by atoms with Gasteiger partial charge in [0.1, 0.15) is 9.75 Å². The van der Waals surface area contributed by atoms with Gasteiger partial charge in [-0.2, -0.15) is 9.98 Å². The van der Waals surface area contributed by atoms with E-state index in [0.29, 0.717) is 17.1 Å². The molecule has 20 heavy (non-hydrogen) atoms. The number of nitrogens with zero attached hydrogens (tertiary/aromatic N) is 2. The highest BCUT2D eigenvalue weighted by molar-refractivity contribution is 7.91. The van der Waals surface area contributed by atoms with E-state index in [0.717, 1.165) is 24.4 Å². The molecular weight excluding hydrogens is 294 g/mol. The third kappa shape index (κ3) is 3.20. The minimum Gasteiger partial charge on any atom is -0.306 e. The second kappa shape index (κ2) is 5.82. The number of hydrogen-bond donors (Lipinski definition) is 1. The molecule has 0 aliphatic carbocycles. The fourth-order valence-electron chi connectivity index (χ4n) is 2.24. The number of nitriles is 1. The third-order valence-corrected chi connectivity index (χ3v) is 6.89. The van der Waals surface area contributed by atoms with Crippen molar-refractivity contribution in [2.75, 3.05) is 20.1 Å². The monoisotopic (exact) mass is 313 g/mol. The largest absolute Gasteiger partial charge is 0.306 e. The fourth-order valence-corrected chi connectivity index (χ4v) is 4.91. The van der Waals surface area contributed by atoms with E-state index in [1.165, 1.54) is 11.3 Å². The Bertz CT molecular complexity index is 608. The van der Waals surface area contributed by atoms with Gasteiger partial charge in [0.2, 0.25) is 0 Å². The van der Waals surface area contributed by atoms with Crippen molar-refractivity contribution in [2.45, 2.75) is 35.9 Å². The lowest BCUT2D eigenvalue weighted by molar-refractivity contribution is 0.213. The van der Waals surface area contributed by atoms with Gasteiger partial charge in [0.05, 0.1) is 6.07 Å². The number of thiophene rings is 1. The quantitative estimate of drug-likeness (QED) is 0.916. The van der Waals surface area contributed by atoms with Crippen LogP contribution in [0, 0.1) is 11.3 Å². The maximum absolute atomic E-state index is 12.4. The van der Waals surface area contributed by atoms with Crippen molar-refractivity contribution in [2.24, 2.45) is 0 Å². The topological polar surface area (TPSA) is 73.2 Å². The molecule has 1 aromatic heterocycles. The van der Waals surface area contributed by atoms with Gasteiger partial charge >= 0.3 is 0 Å². The summed E-state index contributed by atoms with van der Waals surface area (Å²) in [4.78, 5) is 3.13. The minimum atomic E-state index is -3.61. The van der Waals surface area contributed by atoms with E-state index in [1.54, 1.807) is 6.07 Å². The Morgan fingerprint density at radius 3 is 2.60 bits per heavy atom. The zero-order chi connectivity index (χ0) is 14.8. The van der Waals surface area contributed by atoms with Crippen LogP contribution in [0.25, 0.3) is 0 Å². The molecule has 0 spiro atoms. The smallest absolute Gasteiger partial charge is 0.251 e. The Hall–Kier alpha value is -0.940. The lowest BCUT2D eigenvalue weighted by Gasteiger charge is -2.35. The first kappa shape index (κ1) is 15.4. The summed E-state index contributed by atoms with van der Waals surface area (Å²) in [5.41, 5.74) is -0.971. The molecule has 1 aliphatic heterocycles. The summed E-state index contributed by atoms with van der Waals surface area (Å²) in [6.07, 6.45) is 1.85. The van der Waals surface area contributed by atoms with Crippen LogP contribution < -0.4 is 4.72 Å². The lowest BCUT2D eigenvalue weighted by atomic mass is 9.91. The number of aryl methyl sites for hydroxylation is 1. The summed E-state index contributed by atoms with van der Waals surface area (Å²) in [5, 5.41) is 9.40. The number of rotatable bonds is 4. The van der Waals surface area contributed by atoms with Crippen molar-refractivity contribution in [3.8, 4) is 6.07 Å². The van der Waals surface area contributed by atoms with Crippen LogP contribution in [0.2, 0.25) is 0 Å². The van der Waals surface area contributed by atoms with Gasteiger partial charge in [0.25, 0.3) is 10.0 Å². The molecule has 7 heteroatoms. The van der Waals surface area contributed by atoms with Crippen molar-refractivity contribution in [1.82, 2.24) is 9.62 Å². The second-order valence-corrected chi connectivity index (χ2v) is 8.25. The summed E-state index contributed by atoms with van der Waals surface area (Å²) in [6.45, 7) is 3.44. The number of sulfonamides is 1. The second-order valence-electron chi connectivity index (χ2n) is 5.18. The van der Waals surface area contributed by atoms with Crippen LogP contribution >= 0.6 is 11.3 Å². The first-order chi connectivity index (χ1) is 9.41. The van der Waals surface area contributed by atoms with E-state index in [4.69, 9.17) is 0 Å². The molecule has 1 aliphatic rings. The molecule has 0 amide bonds. The van der Waals surface area contributed by atoms with E-state index in [2.05, 4.69) is 15.7 Å². The highest BCUT2D eigenvalue weighted by Crippen LogP contribution is 2.27. The van der Waals surface area contributed by atoms with Crippen LogP contribution in [0.1, 0.15) is 24.6 Å². The van der Waals surface area contributed by atoms with E-state index in [9.17, 15) is 13.7 Å². The molecule has 0 unspecified atom stereocenters. The van der Waals surface area contributed by atoms with Crippen molar-refractivity contribution in [3.05, 3.63) is 17.0 Å². The van der Waals surface area contributed by atoms with Crippen LogP contribution in [0.15, 0.2) is 16.3 Å². The van der Waals surface area contributed by atoms with Gasteiger partial charge < -0.3 is 4.90 Å². The number of piperidine rings is 1. The van der Waals surface area contributed by atoms with Crippen molar-refractivity contribution < 1.29 is 8.42 Å². The number of likely N-dealkylation sites (tertiary alicyclic amines) is 1.